The summed E-state index contributed by atoms with van der Waals surface area (Å²) in [6.07, 6.45) is -3.61. The Bertz CT molecular complexity index is 1070. The van der Waals surface area contributed by atoms with Gasteiger partial charge in [0.05, 0.1) is 11.4 Å². The number of carbonyl (C=O) groups is 1. The van der Waals surface area contributed by atoms with Gasteiger partial charge in [-0.05, 0) is 25.0 Å². The fourth-order valence-electron chi connectivity index (χ4n) is 3.32. The molecule has 1 unspecified atom stereocenters. The second-order valence-electron chi connectivity index (χ2n) is 6.54. The lowest BCUT2D eigenvalue weighted by Gasteiger charge is -2.31. The second kappa shape index (κ2) is 6.80. The van der Waals surface area contributed by atoms with Crippen molar-refractivity contribution in [2.75, 3.05) is 13.1 Å². The van der Waals surface area contributed by atoms with Gasteiger partial charge in [-0.1, -0.05) is 12.1 Å². The van der Waals surface area contributed by atoms with Gasteiger partial charge in [0.1, 0.15) is 6.54 Å². The zero-order valence-corrected chi connectivity index (χ0v) is 14.5. The molecule has 2 aromatic heterocycles. The molecule has 1 saturated heterocycles. The standard InChI is InChI=1S/C17H15F3N4O4/c18-17(19,20)15-22-21-14(28-15)10-4-3-7-23(8-10)13(25)9-24-11-5-1-2-6-12(11)27-16(24)26/h1-2,5-6,10H,3-4,7-9H2. The van der Waals surface area contributed by atoms with E-state index in [1.54, 1.807) is 24.3 Å². The number of halogens is 3. The van der Waals surface area contributed by atoms with Crippen LogP contribution < -0.4 is 5.76 Å². The molecular formula is C17H15F3N4O4. The Morgan fingerprint density at radius 2 is 2.00 bits per heavy atom. The van der Waals surface area contributed by atoms with Crippen molar-refractivity contribution in [3.05, 3.63) is 46.6 Å². The van der Waals surface area contributed by atoms with E-state index < -0.39 is 23.7 Å². The molecule has 3 aromatic rings. The number of alkyl halides is 3. The molecule has 11 heteroatoms. The van der Waals surface area contributed by atoms with Crippen molar-refractivity contribution in [2.24, 2.45) is 0 Å². The van der Waals surface area contributed by atoms with Crippen LogP contribution in [-0.2, 0) is 17.5 Å². The molecule has 4 rings (SSSR count). The molecule has 1 amide bonds. The Labute approximate surface area is 155 Å². The van der Waals surface area contributed by atoms with Gasteiger partial charge in [0.25, 0.3) is 0 Å². The number of rotatable bonds is 3. The number of benzene rings is 1. The third-order valence-corrected chi connectivity index (χ3v) is 4.67. The quantitative estimate of drug-likeness (QED) is 0.675. The Balaban J connectivity index is 1.50. The van der Waals surface area contributed by atoms with Gasteiger partial charge in [-0.3, -0.25) is 9.36 Å². The monoisotopic (exact) mass is 396 g/mol. The van der Waals surface area contributed by atoms with Gasteiger partial charge in [0.15, 0.2) is 5.58 Å². The highest BCUT2D eigenvalue weighted by Crippen LogP contribution is 2.32. The summed E-state index contributed by atoms with van der Waals surface area (Å²) in [5.41, 5.74) is 0.878. The lowest BCUT2D eigenvalue weighted by Crippen LogP contribution is -2.41. The first kappa shape index (κ1) is 18.3. The summed E-state index contributed by atoms with van der Waals surface area (Å²) in [5, 5.41) is 6.52. The first-order valence-corrected chi connectivity index (χ1v) is 8.59. The molecule has 148 valence electrons. The molecule has 0 saturated carbocycles. The van der Waals surface area contributed by atoms with Crippen LogP contribution in [0.3, 0.4) is 0 Å². The van der Waals surface area contributed by atoms with Gasteiger partial charge in [-0.25, -0.2) is 4.79 Å². The van der Waals surface area contributed by atoms with Crippen LogP contribution in [0.1, 0.15) is 30.5 Å². The van der Waals surface area contributed by atoms with Gasteiger partial charge in [-0.2, -0.15) is 13.2 Å². The zero-order valence-electron chi connectivity index (χ0n) is 14.5. The van der Waals surface area contributed by atoms with Crippen LogP contribution in [0.25, 0.3) is 11.1 Å². The average molecular weight is 396 g/mol. The smallest absolute Gasteiger partial charge is 0.417 e. The molecule has 8 nitrogen and oxygen atoms in total. The highest BCUT2D eigenvalue weighted by molar-refractivity contribution is 5.79. The first-order valence-electron chi connectivity index (χ1n) is 8.59. The van der Waals surface area contributed by atoms with E-state index in [0.29, 0.717) is 30.5 Å². The highest BCUT2D eigenvalue weighted by atomic mass is 19.4. The van der Waals surface area contributed by atoms with Crippen molar-refractivity contribution < 1.29 is 26.8 Å². The van der Waals surface area contributed by atoms with Crippen LogP contribution in [-0.4, -0.2) is 38.7 Å². The highest BCUT2D eigenvalue weighted by Gasteiger charge is 2.39. The first-order chi connectivity index (χ1) is 13.3. The fourth-order valence-corrected chi connectivity index (χ4v) is 3.32. The fraction of sp³-hybridized carbons (Fsp3) is 0.412. The van der Waals surface area contributed by atoms with E-state index >= 15 is 0 Å². The minimum Gasteiger partial charge on any atom is -0.417 e. The molecular weight excluding hydrogens is 381 g/mol. The van der Waals surface area contributed by atoms with Crippen molar-refractivity contribution in [3.8, 4) is 0 Å². The molecule has 0 bridgehead atoms. The Hall–Kier alpha value is -3.11. The third-order valence-electron chi connectivity index (χ3n) is 4.67. The van der Waals surface area contributed by atoms with E-state index in [9.17, 15) is 22.8 Å². The summed E-state index contributed by atoms with van der Waals surface area (Å²) in [5.74, 6) is -3.01. The molecule has 1 aliphatic rings. The Kier molecular flexibility index (Phi) is 4.44. The lowest BCUT2D eigenvalue weighted by molar-refractivity contribution is -0.157. The van der Waals surface area contributed by atoms with E-state index in [-0.39, 0.29) is 24.9 Å². The molecule has 0 aliphatic carbocycles. The van der Waals surface area contributed by atoms with Crippen LogP contribution in [0.5, 0.6) is 0 Å². The van der Waals surface area contributed by atoms with E-state index in [4.69, 9.17) is 8.83 Å². The summed E-state index contributed by atoms with van der Waals surface area (Å²) in [4.78, 5) is 26.2. The SMILES string of the molecule is O=C(Cn1c(=O)oc2ccccc21)N1CCCC(c2nnc(C(F)(F)F)o2)C1. The van der Waals surface area contributed by atoms with E-state index in [1.807, 2.05) is 0 Å². The van der Waals surface area contributed by atoms with Crippen LogP contribution in [0, 0.1) is 0 Å². The predicted molar refractivity (Wildman–Crippen MR) is 88.3 cm³/mol. The van der Waals surface area contributed by atoms with Crippen molar-refractivity contribution in [2.45, 2.75) is 31.5 Å². The zero-order chi connectivity index (χ0) is 19.9. The molecule has 1 aliphatic heterocycles. The number of hydrogen-bond acceptors (Lipinski definition) is 6. The van der Waals surface area contributed by atoms with Crippen molar-refractivity contribution in [3.63, 3.8) is 0 Å². The maximum Gasteiger partial charge on any atom is 0.470 e. The minimum atomic E-state index is -4.71. The molecule has 0 N–H and O–H groups in total. The number of para-hydroxylation sites is 2. The largest absolute Gasteiger partial charge is 0.470 e. The van der Waals surface area contributed by atoms with E-state index in [1.165, 1.54) is 9.47 Å². The number of oxazole rings is 1. The number of fused-ring (bicyclic) bond motifs is 1. The molecule has 28 heavy (non-hydrogen) atoms. The topological polar surface area (TPSA) is 94.4 Å². The number of aromatic nitrogens is 3. The molecule has 0 radical (unpaired) electrons. The van der Waals surface area contributed by atoms with Gasteiger partial charge < -0.3 is 13.7 Å². The summed E-state index contributed by atoms with van der Waals surface area (Å²) in [6, 6.07) is 6.74. The number of hydrogen-bond donors (Lipinski definition) is 0. The normalized spacial score (nSPS) is 18.0. The van der Waals surface area contributed by atoms with Crippen LogP contribution in [0.2, 0.25) is 0 Å². The maximum atomic E-state index is 12.7. The van der Waals surface area contributed by atoms with Crippen molar-refractivity contribution in [1.29, 1.82) is 0 Å². The van der Waals surface area contributed by atoms with E-state index in [0.717, 1.165) is 0 Å². The number of nitrogens with zero attached hydrogens (tertiary/aromatic N) is 4. The molecule has 1 atom stereocenters. The third kappa shape index (κ3) is 3.39. The van der Waals surface area contributed by atoms with Crippen molar-refractivity contribution in [1.82, 2.24) is 19.7 Å². The van der Waals surface area contributed by atoms with E-state index in [2.05, 4.69) is 10.2 Å². The summed E-state index contributed by atoms with van der Waals surface area (Å²) in [6.45, 7) is 0.350. The predicted octanol–water partition coefficient (Wildman–Crippen LogP) is 2.40. The summed E-state index contributed by atoms with van der Waals surface area (Å²) in [7, 11) is 0. The minimum absolute atomic E-state index is 0.142. The van der Waals surface area contributed by atoms with Crippen LogP contribution >= 0.6 is 0 Å². The van der Waals surface area contributed by atoms with Gasteiger partial charge in [0.2, 0.25) is 11.8 Å². The molecule has 0 spiro atoms. The maximum absolute atomic E-state index is 12.7. The average Bonchev–Trinajstić information content (AvgIpc) is 3.27. The van der Waals surface area contributed by atoms with Gasteiger partial charge >= 0.3 is 17.8 Å². The second-order valence-corrected chi connectivity index (χ2v) is 6.54. The van der Waals surface area contributed by atoms with Crippen LogP contribution in [0.15, 0.2) is 37.9 Å². The molecule has 1 aromatic carbocycles. The number of amides is 1. The van der Waals surface area contributed by atoms with Crippen LogP contribution in [0.4, 0.5) is 13.2 Å². The number of likely N-dealkylation sites (tertiary alicyclic amines) is 1. The van der Waals surface area contributed by atoms with Crippen molar-refractivity contribution >= 4 is 17.0 Å². The number of piperidine rings is 1. The van der Waals surface area contributed by atoms with Gasteiger partial charge in [-0.15, -0.1) is 10.2 Å². The Morgan fingerprint density at radius 3 is 2.75 bits per heavy atom. The van der Waals surface area contributed by atoms with Gasteiger partial charge in [0, 0.05) is 13.1 Å². The Morgan fingerprint density at radius 1 is 1.21 bits per heavy atom. The number of carbonyl (C=O) groups excluding carboxylic acids is 1. The lowest BCUT2D eigenvalue weighted by atomic mass is 9.98. The summed E-state index contributed by atoms with van der Waals surface area (Å²) < 4.78 is 49.0. The summed E-state index contributed by atoms with van der Waals surface area (Å²) >= 11 is 0. The molecule has 3 heterocycles. The molecule has 1 fully saturated rings.